The Morgan fingerprint density at radius 1 is 1.55 bits per heavy atom. The van der Waals surface area contributed by atoms with Gasteiger partial charge in [0.25, 0.3) is 0 Å². The molecule has 118 valence electrons. The fourth-order valence-corrected chi connectivity index (χ4v) is 4.47. The SMILES string of the molecule is C=C(C)Cn1c(SC)nc2c(=O)c3c(sc21)COC(C)(C)C3. The second kappa shape index (κ2) is 5.51. The van der Waals surface area contributed by atoms with Gasteiger partial charge in [0.1, 0.15) is 10.3 Å². The van der Waals surface area contributed by atoms with Crippen LogP contribution >= 0.6 is 23.1 Å². The lowest BCUT2D eigenvalue weighted by atomic mass is 9.96. The zero-order chi connectivity index (χ0) is 16.1. The van der Waals surface area contributed by atoms with E-state index in [-0.39, 0.29) is 11.0 Å². The quantitative estimate of drug-likeness (QED) is 0.634. The molecule has 0 unspecified atom stereocenters. The first kappa shape index (κ1) is 15.8. The third kappa shape index (κ3) is 2.64. The molecule has 0 atom stereocenters. The van der Waals surface area contributed by atoms with Gasteiger partial charge in [0.15, 0.2) is 5.16 Å². The van der Waals surface area contributed by atoms with Gasteiger partial charge >= 0.3 is 0 Å². The average molecular weight is 336 g/mol. The Kier molecular flexibility index (Phi) is 3.95. The van der Waals surface area contributed by atoms with Crippen LogP contribution in [0.3, 0.4) is 0 Å². The molecular formula is C16H20N2O2S2. The van der Waals surface area contributed by atoms with Crippen LogP contribution < -0.4 is 5.43 Å². The number of ether oxygens (including phenoxy) is 1. The zero-order valence-electron chi connectivity index (χ0n) is 13.4. The number of hydrogen-bond acceptors (Lipinski definition) is 5. The van der Waals surface area contributed by atoms with E-state index in [4.69, 9.17) is 4.74 Å². The predicted octanol–water partition coefficient (Wildman–Crippen LogP) is 3.61. The molecule has 0 N–H and O–H groups in total. The highest BCUT2D eigenvalue weighted by Gasteiger charge is 2.30. The summed E-state index contributed by atoms with van der Waals surface area (Å²) in [5, 5.41) is 0.869. The lowest BCUT2D eigenvalue weighted by molar-refractivity contribution is -0.0386. The average Bonchev–Trinajstić information content (AvgIpc) is 2.77. The van der Waals surface area contributed by atoms with E-state index < -0.39 is 0 Å². The monoisotopic (exact) mass is 336 g/mol. The van der Waals surface area contributed by atoms with Gasteiger partial charge in [-0.3, -0.25) is 4.79 Å². The van der Waals surface area contributed by atoms with Crippen LogP contribution in [-0.2, 0) is 24.3 Å². The Hall–Kier alpha value is -1.11. The van der Waals surface area contributed by atoms with E-state index in [1.165, 1.54) is 0 Å². The number of nitrogens with zero attached hydrogens (tertiary/aromatic N) is 2. The van der Waals surface area contributed by atoms with Crippen LogP contribution in [0, 0.1) is 0 Å². The highest BCUT2D eigenvalue weighted by atomic mass is 32.2. The van der Waals surface area contributed by atoms with Crippen molar-refractivity contribution in [1.82, 2.24) is 9.55 Å². The van der Waals surface area contributed by atoms with Gasteiger partial charge in [0.05, 0.1) is 12.2 Å². The Morgan fingerprint density at radius 3 is 2.91 bits per heavy atom. The fraction of sp³-hybridized carbons (Fsp3) is 0.500. The van der Waals surface area contributed by atoms with Gasteiger partial charge in [0.2, 0.25) is 5.43 Å². The minimum absolute atomic E-state index is 0.0656. The van der Waals surface area contributed by atoms with Crippen LogP contribution in [0.4, 0.5) is 0 Å². The summed E-state index contributed by atoms with van der Waals surface area (Å²) in [5.74, 6) is 0. The summed E-state index contributed by atoms with van der Waals surface area (Å²) in [7, 11) is 0. The highest BCUT2D eigenvalue weighted by Crippen LogP contribution is 2.33. The van der Waals surface area contributed by atoms with E-state index in [0.717, 1.165) is 26.0 Å². The van der Waals surface area contributed by atoms with Crippen LogP contribution in [0.25, 0.3) is 10.3 Å². The van der Waals surface area contributed by atoms with Crippen molar-refractivity contribution in [3.8, 4) is 0 Å². The normalized spacial score (nSPS) is 16.7. The van der Waals surface area contributed by atoms with Crippen molar-refractivity contribution in [2.75, 3.05) is 6.26 Å². The van der Waals surface area contributed by atoms with E-state index in [0.29, 0.717) is 25.1 Å². The van der Waals surface area contributed by atoms with Gasteiger partial charge in [-0.2, -0.15) is 0 Å². The van der Waals surface area contributed by atoms with Crippen molar-refractivity contribution in [3.63, 3.8) is 0 Å². The van der Waals surface area contributed by atoms with Gasteiger partial charge < -0.3 is 9.30 Å². The number of imidazole rings is 1. The maximum atomic E-state index is 12.9. The Morgan fingerprint density at radius 2 is 2.27 bits per heavy atom. The molecule has 0 radical (unpaired) electrons. The molecule has 0 fully saturated rings. The van der Waals surface area contributed by atoms with Crippen LogP contribution in [0.2, 0.25) is 0 Å². The first-order valence-corrected chi connectivity index (χ1v) is 9.24. The number of allylic oxidation sites excluding steroid dienone is 1. The molecule has 6 heteroatoms. The fourth-order valence-electron chi connectivity index (χ4n) is 2.72. The largest absolute Gasteiger partial charge is 0.370 e. The molecule has 3 rings (SSSR count). The molecule has 0 amide bonds. The third-order valence-corrected chi connectivity index (χ3v) is 5.63. The van der Waals surface area contributed by atoms with Crippen LogP contribution in [0.5, 0.6) is 0 Å². The summed E-state index contributed by atoms with van der Waals surface area (Å²) in [6, 6.07) is 0. The molecule has 0 saturated carbocycles. The summed E-state index contributed by atoms with van der Waals surface area (Å²) in [6.07, 6.45) is 2.63. The van der Waals surface area contributed by atoms with E-state index in [1.807, 2.05) is 27.0 Å². The summed E-state index contributed by atoms with van der Waals surface area (Å²) in [5.41, 5.74) is 2.29. The van der Waals surface area contributed by atoms with Crippen molar-refractivity contribution in [3.05, 3.63) is 32.8 Å². The van der Waals surface area contributed by atoms with Gasteiger partial charge in [-0.1, -0.05) is 23.9 Å². The molecule has 0 saturated heterocycles. The molecule has 22 heavy (non-hydrogen) atoms. The van der Waals surface area contributed by atoms with Crippen LogP contribution in [0.1, 0.15) is 31.2 Å². The van der Waals surface area contributed by atoms with Crippen LogP contribution in [0.15, 0.2) is 22.1 Å². The molecule has 0 spiro atoms. The topological polar surface area (TPSA) is 44.1 Å². The van der Waals surface area contributed by atoms with Gasteiger partial charge in [0, 0.05) is 23.4 Å². The summed E-state index contributed by atoms with van der Waals surface area (Å²) in [4.78, 5) is 19.4. The maximum Gasteiger partial charge on any atom is 0.211 e. The maximum absolute atomic E-state index is 12.9. The number of rotatable bonds is 3. The zero-order valence-corrected chi connectivity index (χ0v) is 15.0. The second-order valence-electron chi connectivity index (χ2n) is 6.35. The molecule has 0 aromatic carbocycles. The van der Waals surface area contributed by atoms with Crippen molar-refractivity contribution in [2.45, 2.75) is 51.1 Å². The Balaban J connectivity index is 2.26. The second-order valence-corrected chi connectivity index (χ2v) is 8.21. The van der Waals surface area contributed by atoms with Crippen molar-refractivity contribution in [2.24, 2.45) is 0 Å². The summed E-state index contributed by atoms with van der Waals surface area (Å²) in [6.45, 7) is 11.2. The first-order chi connectivity index (χ1) is 10.3. The van der Waals surface area contributed by atoms with Crippen molar-refractivity contribution in [1.29, 1.82) is 0 Å². The lowest BCUT2D eigenvalue weighted by Gasteiger charge is -2.30. The highest BCUT2D eigenvalue weighted by molar-refractivity contribution is 7.98. The van der Waals surface area contributed by atoms with Crippen molar-refractivity contribution < 1.29 is 4.74 Å². The van der Waals surface area contributed by atoms with E-state index in [2.05, 4.69) is 16.1 Å². The smallest absolute Gasteiger partial charge is 0.211 e. The van der Waals surface area contributed by atoms with Gasteiger partial charge in [-0.25, -0.2) is 4.98 Å². The Labute approximate surface area is 138 Å². The molecule has 3 heterocycles. The molecule has 0 bridgehead atoms. The number of fused-ring (bicyclic) bond motifs is 2. The summed E-state index contributed by atoms with van der Waals surface area (Å²) >= 11 is 3.19. The first-order valence-electron chi connectivity index (χ1n) is 7.20. The van der Waals surface area contributed by atoms with Gasteiger partial charge in [-0.05, 0) is 27.0 Å². The number of aromatic nitrogens is 2. The summed E-state index contributed by atoms with van der Waals surface area (Å²) < 4.78 is 7.96. The Bertz CT molecular complexity index is 818. The lowest BCUT2D eigenvalue weighted by Crippen LogP contribution is -2.34. The minimum atomic E-state index is -0.283. The number of hydrogen-bond donors (Lipinski definition) is 0. The van der Waals surface area contributed by atoms with Crippen molar-refractivity contribution >= 4 is 33.4 Å². The number of thioether (sulfide) groups is 1. The van der Waals surface area contributed by atoms with E-state index in [9.17, 15) is 4.79 Å². The molecule has 1 aliphatic rings. The third-order valence-electron chi connectivity index (χ3n) is 3.74. The standard InChI is InChI=1S/C16H20N2O2S2/c1-9(2)7-18-14-12(17-15(18)21-5)13(19)10-6-16(3,4)20-8-11(10)22-14/h1,6-8H2,2-5H3. The van der Waals surface area contributed by atoms with E-state index in [1.54, 1.807) is 23.1 Å². The molecule has 4 nitrogen and oxygen atoms in total. The molecule has 0 aliphatic carbocycles. The molecular weight excluding hydrogens is 316 g/mol. The van der Waals surface area contributed by atoms with Gasteiger partial charge in [-0.15, -0.1) is 11.3 Å². The van der Waals surface area contributed by atoms with Crippen LogP contribution in [-0.4, -0.2) is 21.4 Å². The molecule has 2 aromatic heterocycles. The van der Waals surface area contributed by atoms with E-state index >= 15 is 0 Å². The molecule has 1 aliphatic heterocycles. The molecule has 2 aromatic rings. The predicted molar refractivity (Wildman–Crippen MR) is 93.0 cm³/mol. The minimum Gasteiger partial charge on any atom is -0.370 e.